The second-order valence-electron chi connectivity index (χ2n) is 6.93. The molecular weight excluding hydrogens is 451 g/mol. The molecular formula is C17H29IN4O2S. The first-order valence-electron chi connectivity index (χ1n) is 8.41. The Kier molecular flexibility index (Phi) is 8.98. The molecule has 0 atom stereocenters. The monoisotopic (exact) mass is 480 g/mol. The molecule has 1 aromatic heterocycles. The zero-order valence-electron chi connectivity index (χ0n) is 15.2. The van der Waals surface area contributed by atoms with Gasteiger partial charge < -0.3 is 20.7 Å². The van der Waals surface area contributed by atoms with Crippen molar-refractivity contribution in [2.75, 3.05) is 19.6 Å². The third-order valence-corrected chi connectivity index (χ3v) is 4.43. The highest BCUT2D eigenvalue weighted by molar-refractivity contribution is 14.0. The van der Waals surface area contributed by atoms with Gasteiger partial charge in [-0.05, 0) is 45.1 Å². The van der Waals surface area contributed by atoms with Crippen molar-refractivity contribution in [1.82, 2.24) is 10.2 Å². The number of hydrogen-bond acceptors (Lipinski definition) is 4. The van der Waals surface area contributed by atoms with Crippen LogP contribution in [-0.4, -0.2) is 48.2 Å². The summed E-state index contributed by atoms with van der Waals surface area (Å²) in [6.45, 7) is 7.45. The maximum Gasteiger partial charge on any atom is 0.410 e. The Morgan fingerprint density at radius 1 is 1.48 bits per heavy atom. The van der Waals surface area contributed by atoms with Crippen LogP contribution in [-0.2, 0) is 11.2 Å². The summed E-state index contributed by atoms with van der Waals surface area (Å²) in [6.07, 6.45) is 2.74. The molecule has 1 amide bonds. The fraction of sp³-hybridized carbons (Fsp3) is 0.647. The standard InChI is InChI=1S/C17H28N4O2S.HI/c1-17(2,3)23-16(22)21(13-6-7-13)11-10-20-15(18)19-9-8-14-5-4-12-24-14;/h4-5,12-13H,6-11H2,1-3H3,(H3,18,19,20);1H. The van der Waals surface area contributed by atoms with E-state index in [9.17, 15) is 4.79 Å². The van der Waals surface area contributed by atoms with E-state index in [0.717, 1.165) is 19.3 Å². The van der Waals surface area contributed by atoms with E-state index in [1.165, 1.54) is 4.88 Å². The Bertz CT molecular complexity index is 553. The molecule has 0 bridgehead atoms. The summed E-state index contributed by atoms with van der Waals surface area (Å²) in [5.74, 6) is 0.423. The fourth-order valence-electron chi connectivity index (χ4n) is 2.23. The molecule has 1 aliphatic rings. The van der Waals surface area contributed by atoms with Crippen LogP contribution in [0.4, 0.5) is 4.79 Å². The molecule has 0 saturated heterocycles. The number of rotatable bonds is 7. The summed E-state index contributed by atoms with van der Waals surface area (Å²) in [5.41, 5.74) is 5.40. The van der Waals surface area contributed by atoms with Gasteiger partial charge in [0.1, 0.15) is 5.60 Å². The van der Waals surface area contributed by atoms with E-state index in [1.54, 1.807) is 16.2 Å². The van der Waals surface area contributed by atoms with Crippen LogP contribution < -0.4 is 11.1 Å². The van der Waals surface area contributed by atoms with E-state index in [4.69, 9.17) is 10.5 Å². The summed E-state index contributed by atoms with van der Waals surface area (Å²) >= 11 is 1.73. The van der Waals surface area contributed by atoms with Gasteiger partial charge in [0.15, 0.2) is 5.96 Å². The van der Waals surface area contributed by atoms with Crippen molar-refractivity contribution in [2.24, 2.45) is 10.7 Å². The van der Waals surface area contributed by atoms with Gasteiger partial charge in [-0.3, -0.25) is 4.99 Å². The molecule has 2 rings (SSSR count). The number of nitrogens with zero attached hydrogens (tertiary/aromatic N) is 2. The van der Waals surface area contributed by atoms with E-state index in [0.29, 0.717) is 31.6 Å². The highest BCUT2D eigenvalue weighted by atomic mass is 127. The van der Waals surface area contributed by atoms with Gasteiger partial charge in [-0.2, -0.15) is 0 Å². The number of guanidine groups is 1. The number of halogens is 1. The Morgan fingerprint density at radius 2 is 2.20 bits per heavy atom. The molecule has 0 aliphatic heterocycles. The van der Waals surface area contributed by atoms with Crippen LogP contribution in [0.5, 0.6) is 0 Å². The fourth-order valence-corrected chi connectivity index (χ4v) is 2.93. The van der Waals surface area contributed by atoms with E-state index in [1.807, 2.05) is 26.8 Å². The van der Waals surface area contributed by atoms with Crippen molar-refractivity contribution < 1.29 is 9.53 Å². The summed E-state index contributed by atoms with van der Waals surface area (Å²) in [4.78, 5) is 19.6. The zero-order chi connectivity index (χ0) is 17.6. The minimum Gasteiger partial charge on any atom is -0.444 e. The molecule has 1 aliphatic carbocycles. The zero-order valence-corrected chi connectivity index (χ0v) is 18.3. The topological polar surface area (TPSA) is 80.0 Å². The molecule has 0 aromatic carbocycles. The average molecular weight is 480 g/mol. The van der Waals surface area contributed by atoms with E-state index in [-0.39, 0.29) is 30.1 Å². The molecule has 0 spiro atoms. The van der Waals surface area contributed by atoms with E-state index in [2.05, 4.69) is 21.8 Å². The second-order valence-corrected chi connectivity index (χ2v) is 7.96. The molecule has 0 unspecified atom stereocenters. The number of aliphatic imine (C=N–C) groups is 1. The van der Waals surface area contributed by atoms with Crippen LogP contribution in [0.2, 0.25) is 0 Å². The first-order chi connectivity index (χ1) is 11.3. The van der Waals surface area contributed by atoms with Crippen LogP contribution in [0.25, 0.3) is 0 Å². The second kappa shape index (κ2) is 10.2. The van der Waals surface area contributed by atoms with Crippen LogP contribution in [0.3, 0.4) is 0 Å². The largest absolute Gasteiger partial charge is 0.444 e. The molecule has 1 saturated carbocycles. The highest BCUT2D eigenvalue weighted by Crippen LogP contribution is 2.27. The summed E-state index contributed by atoms with van der Waals surface area (Å²) in [7, 11) is 0. The molecule has 1 aromatic rings. The third kappa shape index (κ3) is 8.75. The number of carbonyl (C=O) groups excluding carboxylic acids is 1. The molecule has 0 radical (unpaired) electrons. The SMILES string of the molecule is CC(C)(C)OC(=O)N(CCNC(N)=NCCc1cccs1)C1CC1.I. The maximum absolute atomic E-state index is 12.2. The van der Waals surface area contributed by atoms with Gasteiger partial charge in [-0.1, -0.05) is 6.07 Å². The number of carbonyl (C=O) groups is 1. The first kappa shape index (κ1) is 22.0. The predicted octanol–water partition coefficient (Wildman–Crippen LogP) is 3.21. The van der Waals surface area contributed by atoms with Crippen LogP contribution in [0, 0.1) is 0 Å². The summed E-state index contributed by atoms with van der Waals surface area (Å²) in [6, 6.07) is 4.44. The molecule has 8 heteroatoms. The highest BCUT2D eigenvalue weighted by Gasteiger charge is 2.34. The van der Waals surface area contributed by atoms with E-state index >= 15 is 0 Å². The predicted molar refractivity (Wildman–Crippen MR) is 114 cm³/mol. The number of ether oxygens (including phenoxy) is 1. The van der Waals surface area contributed by atoms with Gasteiger partial charge in [0.05, 0.1) is 0 Å². The van der Waals surface area contributed by atoms with Crippen molar-refractivity contribution in [3.05, 3.63) is 22.4 Å². The lowest BCUT2D eigenvalue weighted by atomic mass is 10.2. The lowest BCUT2D eigenvalue weighted by molar-refractivity contribution is 0.0238. The Labute approximate surface area is 171 Å². The van der Waals surface area contributed by atoms with Crippen molar-refractivity contribution >= 4 is 47.4 Å². The molecule has 6 nitrogen and oxygen atoms in total. The Hall–Kier alpha value is -1.03. The summed E-state index contributed by atoms with van der Waals surface area (Å²) < 4.78 is 5.46. The minimum atomic E-state index is -0.472. The average Bonchev–Trinajstić information content (AvgIpc) is 3.18. The first-order valence-corrected chi connectivity index (χ1v) is 9.29. The smallest absolute Gasteiger partial charge is 0.410 e. The Balaban J connectivity index is 0.00000312. The molecule has 1 fully saturated rings. The normalized spacial score (nSPS) is 14.6. The number of nitrogens with two attached hydrogens (primary N) is 1. The van der Waals surface area contributed by atoms with Gasteiger partial charge in [0.25, 0.3) is 0 Å². The minimum absolute atomic E-state index is 0. The van der Waals surface area contributed by atoms with Crippen LogP contribution >= 0.6 is 35.3 Å². The van der Waals surface area contributed by atoms with Gasteiger partial charge in [0.2, 0.25) is 0 Å². The number of hydrogen-bond donors (Lipinski definition) is 2. The summed E-state index contributed by atoms with van der Waals surface area (Å²) in [5, 5.41) is 5.13. The number of nitrogens with one attached hydrogen (secondary N) is 1. The van der Waals surface area contributed by atoms with Crippen molar-refractivity contribution in [3.8, 4) is 0 Å². The van der Waals surface area contributed by atoms with Crippen molar-refractivity contribution in [1.29, 1.82) is 0 Å². The maximum atomic E-state index is 12.2. The molecule has 1 heterocycles. The van der Waals surface area contributed by atoms with Crippen molar-refractivity contribution in [3.63, 3.8) is 0 Å². The van der Waals surface area contributed by atoms with Crippen LogP contribution in [0.1, 0.15) is 38.5 Å². The molecule has 25 heavy (non-hydrogen) atoms. The van der Waals surface area contributed by atoms with Gasteiger partial charge >= 0.3 is 6.09 Å². The van der Waals surface area contributed by atoms with Gasteiger partial charge in [-0.15, -0.1) is 35.3 Å². The number of amides is 1. The van der Waals surface area contributed by atoms with Crippen LogP contribution in [0.15, 0.2) is 22.5 Å². The third-order valence-electron chi connectivity index (χ3n) is 3.49. The quantitative estimate of drug-likeness (QED) is 0.357. The number of thiophene rings is 1. The Morgan fingerprint density at radius 3 is 2.76 bits per heavy atom. The molecule has 142 valence electrons. The van der Waals surface area contributed by atoms with Gasteiger partial charge in [0, 0.05) is 37.0 Å². The molecule has 3 N–H and O–H groups in total. The van der Waals surface area contributed by atoms with E-state index < -0.39 is 5.60 Å². The van der Waals surface area contributed by atoms with Crippen molar-refractivity contribution in [2.45, 2.75) is 51.7 Å². The van der Waals surface area contributed by atoms with Gasteiger partial charge in [-0.25, -0.2) is 4.79 Å². The lowest BCUT2D eigenvalue weighted by Gasteiger charge is -2.27. The lowest BCUT2D eigenvalue weighted by Crippen LogP contribution is -2.44.